The Balaban J connectivity index is 0.973. The van der Waals surface area contributed by atoms with Gasteiger partial charge in [0.1, 0.15) is 0 Å². The third-order valence-electron chi connectivity index (χ3n) is 13.1. The van der Waals surface area contributed by atoms with Crippen molar-refractivity contribution in [3.8, 4) is 78.4 Å². The van der Waals surface area contributed by atoms with E-state index in [1.807, 2.05) is 24.3 Å². The lowest BCUT2D eigenvalue weighted by atomic mass is 9.70. The second kappa shape index (κ2) is 12.2. The van der Waals surface area contributed by atoms with E-state index in [1.165, 1.54) is 77.9 Å². The van der Waals surface area contributed by atoms with Crippen molar-refractivity contribution in [2.24, 2.45) is 0 Å². The molecule has 8 aromatic carbocycles. The quantitative estimate of drug-likeness (QED) is 0.180. The molecule has 0 aliphatic heterocycles. The topological polar surface area (TPSA) is 25.8 Å². The highest BCUT2D eigenvalue weighted by Gasteiger charge is 2.51. The fraction of sp³-hybridized carbons (Fsp3) is 0.0714. The number of nitrogens with zero attached hydrogens (tertiary/aromatic N) is 2. The van der Waals surface area contributed by atoms with Gasteiger partial charge < -0.3 is 0 Å². The van der Waals surface area contributed by atoms with Crippen LogP contribution in [0.3, 0.4) is 0 Å². The van der Waals surface area contributed by atoms with Crippen molar-refractivity contribution in [3.05, 3.63) is 228 Å². The first kappa shape index (κ1) is 33.0. The molecule has 0 radical (unpaired) electrons. The molecule has 0 unspecified atom stereocenters. The summed E-state index contributed by atoms with van der Waals surface area (Å²) in [6.07, 6.45) is 0. The second-order valence-electron chi connectivity index (χ2n) is 16.5. The van der Waals surface area contributed by atoms with Crippen molar-refractivity contribution in [2.75, 3.05) is 0 Å². The highest BCUT2D eigenvalue weighted by Crippen LogP contribution is 2.63. The molecule has 2 nitrogen and oxygen atoms in total. The van der Waals surface area contributed by atoms with E-state index >= 15 is 0 Å². The maximum absolute atomic E-state index is 5.17. The van der Waals surface area contributed by atoms with Crippen molar-refractivity contribution >= 4 is 0 Å². The number of aromatic nitrogens is 2. The van der Waals surface area contributed by atoms with Crippen LogP contribution in [-0.2, 0) is 10.8 Å². The molecule has 0 fully saturated rings. The van der Waals surface area contributed by atoms with E-state index in [4.69, 9.17) is 9.97 Å². The Morgan fingerprint density at radius 1 is 0.293 bits per heavy atom. The number of fused-ring (bicyclic) bond motifs is 13. The van der Waals surface area contributed by atoms with Crippen LogP contribution < -0.4 is 0 Å². The Kier molecular flexibility index (Phi) is 6.93. The van der Waals surface area contributed by atoms with Crippen LogP contribution in [0.15, 0.2) is 194 Å². The van der Waals surface area contributed by atoms with Crippen molar-refractivity contribution in [1.29, 1.82) is 0 Å². The summed E-state index contributed by atoms with van der Waals surface area (Å²) in [7, 11) is 0. The fourth-order valence-corrected chi connectivity index (χ4v) is 10.4. The summed E-state index contributed by atoms with van der Waals surface area (Å²) in [5, 5.41) is 0. The van der Waals surface area contributed by atoms with Gasteiger partial charge in [0.15, 0.2) is 5.82 Å². The Morgan fingerprint density at radius 2 is 0.672 bits per heavy atom. The van der Waals surface area contributed by atoms with E-state index in [2.05, 4.69) is 184 Å². The maximum Gasteiger partial charge on any atom is 0.160 e. The van der Waals surface area contributed by atoms with Gasteiger partial charge in [-0.3, -0.25) is 0 Å². The monoisotopic (exact) mass is 738 g/mol. The molecule has 0 N–H and O–H groups in total. The molecule has 0 saturated carbocycles. The summed E-state index contributed by atoms with van der Waals surface area (Å²) >= 11 is 0. The van der Waals surface area contributed by atoms with Gasteiger partial charge in [0, 0.05) is 22.1 Å². The van der Waals surface area contributed by atoms with Crippen LogP contribution in [-0.4, -0.2) is 9.97 Å². The van der Waals surface area contributed by atoms with E-state index in [0.717, 1.165) is 33.9 Å². The third-order valence-corrected chi connectivity index (χ3v) is 13.1. The van der Waals surface area contributed by atoms with Gasteiger partial charge in [0.05, 0.1) is 16.8 Å². The molecule has 9 aromatic rings. The molecule has 0 bridgehead atoms. The molecule has 2 heteroatoms. The highest BCUT2D eigenvalue weighted by atomic mass is 14.9. The van der Waals surface area contributed by atoms with Crippen LogP contribution in [0.5, 0.6) is 0 Å². The molecule has 1 heterocycles. The Labute approximate surface area is 339 Å². The summed E-state index contributed by atoms with van der Waals surface area (Å²) in [5.41, 5.74) is 23.0. The molecular formula is C56H38N2. The average molecular weight is 739 g/mol. The van der Waals surface area contributed by atoms with Crippen LogP contribution in [0.25, 0.3) is 78.4 Å². The van der Waals surface area contributed by atoms with E-state index in [9.17, 15) is 0 Å². The fourth-order valence-electron chi connectivity index (χ4n) is 10.4. The van der Waals surface area contributed by atoms with Gasteiger partial charge in [-0.15, -0.1) is 0 Å². The van der Waals surface area contributed by atoms with Crippen molar-refractivity contribution in [3.63, 3.8) is 0 Å². The smallest absolute Gasteiger partial charge is 0.160 e. The van der Waals surface area contributed by atoms with Gasteiger partial charge in [0.2, 0.25) is 0 Å². The van der Waals surface area contributed by atoms with Gasteiger partial charge in [-0.2, -0.15) is 0 Å². The summed E-state index contributed by atoms with van der Waals surface area (Å²) in [6, 6.07) is 71.2. The van der Waals surface area contributed by atoms with Gasteiger partial charge in [-0.25, -0.2) is 9.97 Å². The average Bonchev–Trinajstić information content (AvgIpc) is 3.84. The first-order valence-corrected chi connectivity index (χ1v) is 20.2. The molecule has 1 aromatic heterocycles. The zero-order valence-electron chi connectivity index (χ0n) is 32.4. The minimum atomic E-state index is -0.362. The van der Waals surface area contributed by atoms with Crippen molar-refractivity contribution in [1.82, 2.24) is 9.97 Å². The lowest BCUT2D eigenvalue weighted by Gasteiger charge is -2.30. The molecule has 0 amide bonds. The predicted octanol–water partition coefficient (Wildman–Crippen LogP) is 13.8. The standard InChI is InChI=1S/C56H38N2/c1-55(2)49-31-37(38-26-29-45-42-21-11-14-24-48(42)56(51(45)32-38)46-22-12-9-19-40(46)41-20-10-13-23-47(41)56)25-28-43(49)44-30-27-39(33-50(44)55)53-34-52(35-15-5-3-6-16-35)57-54(58-53)36-17-7-4-8-18-36/h3-34H,1-2H3. The van der Waals surface area contributed by atoms with Crippen LogP contribution in [0.1, 0.15) is 47.2 Å². The molecule has 272 valence electrons. The molecule has 1 spiro atoms. The third kappa shape index (κ3) is 4.54. The van der Waals surface area contributed by atoms with Gasteiger partial charge in [-0.1, -0.05) is 184 Å². The van der Waals surface area contributed by atoms with E-state index in [0.29, 0.717) is 0 Å². The van der Waals surface area contributed by atoms with E-state index in [1.54, 1.807) is 0 Å². The predicted molar refractivity (Wildman–Crippen MR) is 238 cm³/mol. The van der Waals surface area contributed by atoms with Crippen molar-refractivity contribution in [2.45, 2.75) is 24.7 Å². The summed E-state index contributed by atoms with van der Waals surface area (Å²) in [6.45, 7) is 4.74. The highest BCUT2D eigenvalue weighted by molar-refractivity contribution is 5.96. The lowest BCUT2D eigenvalue weighted by molar-refractivity contribution is 0.661. The second-order valence-corrected chi connectivity index (χ2v) is 16.5. The van der Waals surface area contributed by atoms with Crippen LogP contribution in [0, 0.1) is 0 Å². The minimum absolute atomic E-state index is 0.217. The van der Waals surface area contributed by atoms with Gasteiger partial charge in [-0.05, 0) is 102 Å². The summed E-state index contributed by atoms with van der Waals surface area (Å²) < 4.78 is 0. The largest absolute Gasteiger partial charge is 0.228 e. The number of hydrogen-bond donors (Lipinski definition) is 0. The first-order valence-electron chi connectivity index (χ1n) is 20.2. The molecule has 3 aliphatic rings. The Bertz CT molecular complexity index is 3020. The number of hydrogen-bond acceptors (Lipinski definition) is 2. The normalized spacial score (nSPS) is 14.3. The zero-order valence-corrected chi connectivity index (χ0v) is 32.4. The van der Waals surface area contributed by atoms with Gasteiger partial charge >= 0.3 is 0 Å². The molecular weight excluding hydrogens is 701 g/mol. The van der Waals surface area contributed by atoms with Crippen LogP contribution in [0.4, 0.5) is 0 Å². The van der Waals surface area contributed by atoms with Crippen molar-refractivity contribution < 1.29 is 0 Å². The van der Waals surface area contributed by atoms with Gasteiger partial charge in [0.25, 0.3) is 0 Å². The number of rotatable bonds is 4. The number of benzene rings is 8. The Morgan fingerprint density at radius 3 is 1.21 bits per heavy atom. The molecule has 0 atom stereocenters. The minimum Gasteiger partial charge on any atom is -0.228 e. The van der Waals surface area contributed by atoms with E-state index < -0.39 is 0 Å². The zero-order chi connectivity index (χ0) is 38.6. The summed E-state index contributed by atoms with van der Waals surface area (Å²) in [4.78, 5) is 10.2. The molecule has 12 rings (SSSR count). The SMILES string of the molecule is CC1(C)c2cc(-c3ccc4c(c3)C3(c5ccccc5-c5ccccc53)c3ccccc3-4)ccc2-c2ccc(-c3cc(-c4ccccc4)nc(-c4ccccc4)n3)cc21. The first-order chi connectivity index (χ1) is 28.5. The summed E-state index contributed by atoms with van der Waals surface area (Å²) in [5.74, 6) is 0.730. The molecule has 3 aliphatic carbocycles. The molecule has 58 heavy (non-hydrogen) atoms. The lowest BCUT2D eigenvalue weighted by Crippen LogP contribution is -2.25. The molecule has 0 saturated heterocycles. The van der Waals surface area contributed by atoms with Crippen LogP contribution in [0.2, 0.25) is 0 Å². The maximum atomic E-state index is 5.17. The Hall–Kier alpha value is -7.16. The van der Waals surface area contributed by atoms with E-state index in [-0.39, 0.29) is 10.8 Å². The van der Waals surface area contributed by atoms with Crippen LogP contribution >= 0.6 is 0 Å².